The van der Waals surface area contributed by atoms with Crippen molar-refractivity contribution in [2.24, 2.45) is 4.99 Å². The molecule has 2 aromatic rings. The third-order valence-corrected chi connectivity index (χ3v) is 5.47. The van der Waals surface area contributed by atoms with Crippen LogP contribution in [0.1, 0.15) is 47.7 Å². The zero-order chi connectivity index (χ0) is 19.8. The Morgan fingerprint density at radius 2 is 1.83 bits per heavy atom. The largest absolute Gasteiger partial charge is 0.357 e. The van der Waals surface area contributed by atoms with E-state index in [1.165, 1.54) is 24.8 Å². The number of amides is 1. The number of guanidine groups is 1. The normalized spacial score (nSPS) is 14.9. The molecule has 1 saturated carbocycles. The molecule has 0 unspecified atom stereocenters. The van der Waals surface area contributed by atoms with Crippen molar-refractivity contribution in [1.29, 1.82) is 0 Å². The van der Waals surface area contributed by atoms with Gasteiger partial charge in [0, 0.05) is 31.1 Å². The summed E-state index contributed by atoms with van der Waals surface area (Å²) in [5.74, 6) is 0.737. The molecule has 29 heavy (non-hydrogen) atoms. The number of nitrogens with zero attached hydrogens (tertiary/aromatic N) is 1. The molecule has 2 aromatic carbocycles. The lowest BCUT2D eigenvalue weighted by molar-refractivity contribution is 0.0963. The van der Waals surface area contributed by atoms with E-state index in [2.05, 4.69) is 53.2 Å². The van der Waals surface area contributed by atoms with E-state index < -0.39 is 0 Å². The maximum absolute atomic E-state index is 11.8. The van der Waals surface area contributed by atoms with Crippen molar-refractivity contribution in [3.63, 3.8) is 0 Å². The van der Waals surface area contributed by atoms with Gasteiger partial charge in [0.2, 0.25) is 0 Å². The quantitative estimate of drug-likeness (QED) is 0.304. The van der Waals surface area contributed by atoms with Gasteiger partial charge in [-0.25, -0.2) is 4.99 Å². The van der Waals surface area contributed by atoms with Crippen LogP contribution in [0.25, 0.3) is 0 Å². The highest BCUT2D eigenvalue weighted by molar-refractivity contribution is 14.0. The Hall–Kier alpha value is -2.09. The molecule has 1 aliphatic rings. The average Bonchev–Trinajstić information content (AvgIpc) is 2.71. The highest BCUT2D eigenvalue weighted by Crippen LogP contribution is 2.43. The number of hydrogen-bond donors (Lipinski definition) is 3. The molecule has 0 saturated heterocycles. The predicted octanol–water partition coefficient (Wildman–Crippen LogP) is 3.84. The Bertz CT molecular complexity index is 819. The smallest absolute Gasteiger partial charge is 0.251 e. The van der Waals surface area contributed by atoms with Gasteiger partial charge in [-0.3, -0.25) is 4.79 Å². The second kappa shape index (κ2) is 11.2. The third-order valence-electron chi connectivity index (χ3n) is 5.47. The van der Waals surface area contributed by atoms with Crippen LogP contribution in [0.4, 0.5) is 0 Å². The topological polar surface area (TPSA) is 65.5 Å². The first-order valence-corrected chi connectivity index (χ1v) is 10.1. The fourth-order valence-electron chi connectivity index (χ4n) is 3.68. The summed E-state index contributed by atoms with van der Waals surface area (Å²) in [6.45, 7) is 4.28. The van der Waals surface area contributed by atoms with Gasteiger partial charge in [0.1, 0.15) is 0 Å². The number of rotatable bonds is 7. The molecule has 3 N–H and O–H groups in total. The van der Waals surface area contributed by atoms with Gasteiger partial charge in [0.15, 0.2) is 5.96 Å². The SMILES string of the molecule is CCNC(=NCc1cccc(C(=O)NC)c1)NCC1(c2ccccc2)CCC1.I. The van der Waals surface area contributed by atoms with E-state index in [-0.39, 0.29) is 35.3 Å². The second-order valence-electron chi connectivity index (χ2n) is 7.33. The Balaban J connectivity index is 0.00000300. The monoisotopic (exact) mass is 506 g/mol. The molecule has 5 nitrogen and oxygen atoms in total. The van der Waals surface area contributed by atoms with E-state index >= 15 is 0 Å². The minimum atomic E-state index is -0.0781. The van der Waals surface area contributed by atoms with Crippen molar-refractivity contribution in [3.05, 3.63) is 71.3 Å². The van der Waals surface area contributed by atoms with Crippen LogP contribution in [-0.4, -0.2) is 32.0 Å². The standard InChI is InChI=1S/C23H30N4O.HI/c1-3-25-22(26-16-18-9-7-10-19(15-18)21(28)24-2)27-17-23(13-8-14-23)20-11-5-4-6-12-20;/h4-7,9-12,15H,3,8,13-14,16-17H2,1-2H3,(H,24,28)(H2,25,26,27);1H. The molecule has 1 fully saturated rings. The van der Waals surface area contributed by atoms with Crippen molar-refractivity contribution in [2.45, 2.75) is 38.1 Å². The van der Waals surface area contributed by atoms with Gasteiger partial charge in [0.05, 0.1) is 6.54 Å². The van der Waals surface area contributed by atoms with Crippen LogP contribution in [0, 0.1) is 0 Å². The van der Waals surface area contributed by atoms with E-state index in [0.717, 1.165) is 24.6 Å². The molecule has 1 amide bonds. The molecule has 156 valence electrons. The second-order valence-corrected chi connectivity index (χ2v) is 7.33. The van der Waals surface area contributed by atoms with Gasteiger partial charge in [-0.15, -0.1) is 24.0 Å². The van der Waals surface area contributed by atoms with Crippen molar-refractivity contribution in [2.75, 3.05) is 20.1 Å². The first-order chi connectivity index (χ1) is 13.7. The van der Waals surface area contributed by atoms with Gasteiger partial charge in [-0.1, -0.05) is 48.9 Å². The zero-order valence-electron chi connectivity index (χ0n) is 17.2. The predicted molar refractivity (Wildman–Crippen MR) is 130 cm³/mol. The number of carbonyl (C=O) groups excluding carboxylic acids is 1. The number of halogens is 1. The van der Waals surface area contributed by atoms with E-state index in [1.807, 2.05) is 24.3 Å². The van der Waals surface area contributed by atoms with Gasteiger partial charge in [-0.2, -0.15) is 0 Å². The maximum Gasteiger partial charge on any atom is 0.251 e. The fourth-order valence-corrected chi connectivity index (χ4v) is 3.68. The molecule has 0 aromatic heterocycles. The summed E-state index contributed by atoms with van der Waals surface area (Å²) in [7, 11) is 1.64. The summed E-state index contributed by atoms with van der Waals surface area (Å²) in [5, 5.41) is 9.53. The first kappa shape index (κ1) is 23.2. The van der Waals surface area contributed by atoms with Crippen molar-refractivity contribution >= 4 is 35.8 Å². The Labute approximate surface area is 190 Å². The molecule has 0 spiro atoms. The zero-order valence-corrected chi connectivity index (χ0v) is 19.5. The molecular formula is C23H31IN4O. The van der Waals surface area contributed by atoms with Crippen LogP contribution in [-0.2, 0) is 12.0 Å². The molecule has 0 bridgehead atoms. The van der Waals surface area contributed by atoms with Crippen LogP contribution in [0.15, 0.2) is 59.6 Å². The average molecular weight is 506 g/mol. The highest BCUT2D eigenvalue weighted by atomic mass is 127. The van der Waals surface area contributed by atoms with Crippen LogP contribution >= 0.6 is 24.0 Å². The highest BCUT2D eigenvalue weighted by Gasteiger charge is 2.38. The summed E-state index contributed by atoms with van der Waals surface area (Å²) in [4.78, 5) is 16.5. The summed E-state index contributed by atoms with van der Waals surface area (Å²) >= 11 is 0. The summed E-state index contributed by atoms with van der Waals surface area (Å²) in [6, 6.07) is 18.4. The van der Waals surface area contributed by atoms with Crippen molar-refractivity contribution < 1.29 is 4.79 Å². The lowest BCUT2D eigenvalue weighted by Gasteiger charge is -2.43. The molecule has 0 radical (unpaired) electrons. The lowest BCUT2D eigenvalue weighted by atomic mass is 9.64. The number of benzene rings is 2. The van der Waals surface area contributed by atoms with Crippen molar-refractivity contribution in [3.8, 4) is 0 Å². The Kier molecular flexibility index (Phi) is 8.95. The number of hydrogen-bond acceptors (Lipinski definition) is 2. The first-order valence-electron chi connectivity index (χ1n) is 10.1. The number of aliphatic imine (C=N–C) groups is 1. The van der Waals surface area contributed by atoms with Gasteiger partial charge >= 0.3 is 0 Å². The summed E-state index contributed by atoms with van der Waals surface area (Å²) in [5.41, 5.74) is 3.28. The van der Waals surface area contributed by atoms with Gasteiger partial charge < -0.3 is 16.0 Å². The molecule has 0 heterocycles. The summed E-state index contributed by atoms with van der Waals surface area (Å²) in [6.07, 6.45) is 3.69. The number of carbonyl (C=O) groups is 1. The fraction of sp³-hybridized carbons (Fsp3) is 0.391. The minimum absolute atomic E-state index is 0. The minimum Gasteiger partial charge on any atom is -0.357 e. The Morgan fingerprint density at radius 1 is 1.07 bits per heavy atom. The lowest BCUT2D eigenvalue weighted by Crippen LogP contribution is -2.48. The van der Waals surface area contributed by atoms with E-state index in [9.17, 15) is 4.79 Å². The maximum atomic E-state index is 11.8. The summed E-state index contributed by atoms with van der Waals surface area (Å²) < 4.78 is 0. The molecule has 1 aliphatic carbocycles. The van der Waals surface area contributed by atoms with Crippen LogP contribution < -0.4 is 16.0 Å². The van der Waals surface area contributed by atoms with E-state index in [4.69, 9.17) is 4.99 Å². The van der Waals surface area contributed by atoms with Crippen molar-refractivity contribution in [1.82, 2.24) is 16.0 Å². The molecule has 6 heteroatoms. The van der Waals surface area contributed by atoms with Crippen LogP contribution in [0.2, 0.25) is 0 Å². The van der Waals surface area contributed by atoms with Gasteiger partial charge in [0.25, 0.3) is 5.91 Å². The number of nitrogens with one attached hydrogen (secondary N) is 3. The molecule has 3 rings (SSSR count). The molecule has 0 aliphatic heterocycles. The third kappa shape index (κ3) is 5.95. The van der Waals surface area contributed by atoms with Crippen LogP contribution in [0.5, 0.6) is 0 Å². The Morgan fingerprint density at radius 3 is 2.45 bits per heavy atom. The van der Waals surface area contributed by atoms with Crippen LogP contribution in [0.3, 0.4) is 0 Å². The molecule has 0 atom stereocenters. The van der Waals surface area contributed by atoms with Gasteiger partial charge in [-0.05, 0) is 43.0 Å². The van der Waals surface area contributed by atoms with E-state index in [0.29, 0.717) is 12.1 Å². The molecular weight excluding hydrogens is 475 g/mol. The van der Waals surface area contributed by atoms with E-state index in [1.54, 1.807) is 7.05 Å².